The van der Waals surface area contributed by atoms with E-state index in [1.165, 1.54) is 22.3 Å². The van der Waals surface area contributed by atoms with Crippen molar-refractivity contribution in [3.8, 4) is 0 Å². The van der Waals surface area contributed by atoms with Gasteiger partial charge < -0.3 is 4.74 Å². The molecule has 0 aliphatic heterocycles. The Hall–Kier alpha value is -1.02. The summed E-state index contributed by atoms with van der Waals surface area (Å²) in [6.07, 6.45) is 1.93. The Morgan fingerprint density at radius 2 is 1.52 bits per heavy atom. The minimum absolute atomic E-state index is 0.0796. The first-order valence-corrected chi connectivity index (χ1v) is 9.05. The van der Waals surface area contributed by atoms with Crippen LogP contribution < -0.4 is 0 Å². The van der Waals surface area contributed by atoms with Crippen LogP contribution in [-0.4, -0.2) is 24.5 Å². The van der Waals surface area contributed by atoms with Crippen LogP contribution in [0.1, 0.15) is 41.0 Å². The summed E-state index contributed by atoms with van der Waals surface area (Å²) in [6.45, 7) is 0.742. The zero-order chi connectivity index (χ0) is 16.0. The summed E-state index contributed by atoms with van der Waals surface area (Å²) in [6, 6.07) is 17.4. The Kier molecular flexibility index (Phi) is 3.91. The predicted molar refractivity (Wildman–Crippen MR) is 95.9 cm³/mol. The number of methoxy groups -OCH3 is 1. The summed E-state index contributed by atoms with van der Waals surface area (Å²) in [5.41, 5.74) is 5.20. The molecule has 2 atom stereocenters. The molecule has 2 aromatic rings. The number of ether oxygens (including phenoxy) is 1. The second kappa shape index (κ2) is 5.81. The highest BCUT2D eigenvalue weighted by atomic mass is 35.5. The van der Waals surface area contributed by atoms with Crippen molar-refractivity contribution in [3.63, 3.8) is 0 Å². The van der Waals surface area contributed by atoms with Crippen molar-refractivity contribution in [2.45, 2.75) is 34.9 Å². The first-order valence-electron chi connectivity index (χ1n) is 8.17. The summed E-state index contributed by atoms with van der Waals surface area (Å²) < 4.78 is 5.30. The monoisotopic (exact) mass is 346 g/mol. The third kappa shape index (κ3) is 2.03. The van der Waals surface area contributed by atoms with Gasteiger partial charge in [-0.15, -0.1) is 23.2 Å². The van der Waals surface area contributed by atoms with E-state index in [4.69, 9.17) is 27.9 Å². The molecule has 1 nitrogen and oxygen atoms in total. The summed E-state index contributed by atoms with van der Waals surface area (Å²) in [4.78, 5) is 0. The van der Waals surface area contributed by atoms with Crippen molar-refractivity contribution in [3.05, 3.63) is 70.8 Å². The van der Waals surface area contributed by atoms with Gasteiger partial charge in [-0.1, -0.05) is 48.5 Å². The van der Waals surface area contributed by atoms with Gasteiger partial charge in [0.2, 0.25) is 0 Å². The molecular weight excluding hydrogens is 327 g/mol. The SMILES string of the molecule is COCCCC12c3ccccc3C(c3ccccc31)[C@H](Cl)[C@H]2Cl. The van der Waals surface area contributed by atoms with Crippen LogP contribution in [0.3, 0.4) is 0 Å². The van der Waals surface area contributed by atoms with Gasteiger partial charge in [0.05, 0.1) is 10.8 Å². The molecule has 2 bridgehead atoms. The average molecular weight is 347 g/mol. The van der Waals surface area contributed by atoms with E-state index in [-0.39, 0.29) is 22.1 Å². The average Bonchev–Trinajstić information content (AvgIpc) is 2.59. The maximum atomic E-state index is 6.98. The van der Waals surface area contributed by atoms with E-state index < -0.39 is 0 Å². The van der Waals surface area contributed by atoms with E-state index in [9.17, 15) is 0 Å². The molecule has 0 radical (unpaired) electrons. The van der Waals surface area contributed by atoms with Crippen LogP contribution in [0.15, 0.2) is 48.5 Å². The van der Waals surface area contributed by atoms with Gasteiger partial charge in [-0.2, -0.15) is 0 Å². The van der Waals surface area contributed by atoms with Crippen molar-refractivity contribution < 1.29 is 4.74 Å². The van der Waals surface area contributed by atoms with E-state index in [1.54, 1.807) is 7.11 Å². The van der Waals surface area contributed by atoms with Crippen LogP contribution in [0.25, 0.3) is 0 Å². The standard InChI is InChI=1S/C20H20Cl2O/c1-23-12-6-11-20-15-9-4-2-7-13(15)17(18(21)19(20)22)14-8-3-5-10-16(14)20/h2-5,7-10,17-19H,6,11-12H2,1H3/t17?,18-,19+,20?/m0/s1. The lowest BCUT2D eigenvalue weighted by atomic mass is 9.53. The molecule has 3 aliphatic rings. The van der Waals surface area contributed by atoms with E-state index in [2.05, 4.69) is 48.5 Å². The Bertz CT molecular complexity index is 680. The number of halogens is 2. The molecule has 3 aliphatic carbocycles. The van der Waals surface area contributed by atoms with Gasteiger partial charge in [0.1, 0.15) is 0 Å². The molecule has 0 aromatic heterocycles. The molecule has 0 unspecified atom stereocenters. The van der Waals surface area contributed by atoms with Gasteiger partial charge >= 0.3 is 0 Å². The zero-order valence-electron chi connectivity index (χ0n) is 13.1. The largest absolute Gasteiger partial charge is 0.385 e. The van der Waals surface area contributed by atoms with Crippen molar-refractivity contribution in [1.29, 1.82) is 0 Å². The Morgan fingerprint density at radius 3 is 2.09 bits per heavy atom. The molecule has 0 amide bonds. The summed E-state index contributed by atoms with van der Waals surface area (Å²) >= 11 is 13.8. The number of fused-ring (bicyclic) bond motifs is 1. The minimum atomic E-state index is -0.214. The molecule has 5 rings (SSSR count). The fourth-order valence-corrected chi connectivity index (χ4v) is 5.62. The fourth-order valence-electron chi connectivity index (χ4n) is 4.65. The number of hydrogen-bond donors (Lipinski definition) is 0. The molecule has 0 fully saturated rings. The summed E-state index contributed by atoms with van der Waals surface area (Å²) in [5.74, 6) is 0.191. The number of rotatable bonds is 4. The van der Waals surface area contributed by atoms with E-state index in [1.807, 2.05) is 0 Å². The van der Waals surface area contributed by atoms with Gasteiger partial charge in [-0.3, -0.25) is 0 Å². The Labute approximate surface area is 147 Å². The fraction of sp³-hybridized carbons (Fsp3) is 0.400. The smallest absolute Gasteiger partial charge is 0.0646 e. The maximum absolute atomic E-state index is 6.98. The molecular formula is C20H20Cl2O. The number of hydrogen-bond acceptors (Lipinski definition) is 1. The lowest BCUT2D eigenvalue weighted by molar-refractivity contribution is 0.182. The van der Waals surface area contributed by atoms with Crippen LogP contribution in [0, 0.1) is 0 Å². The molecule has 120 valence electrons. The lowest BCUT2D eigenvalue weighted by Crippen LogP contribution is -2.54. The molecule has 0 N–H and O–H groups in total. The highest BCUT2D eigenvalue weighted by molar-refractivity contribution is 6.32. The molecule has 0 spiro atoms. The zero-order valence-corrected chi connectivity index (χ0v) is 14.6. The Morgan fingerprint density at radius 1 is 0.957 bits per heavy atom. The number of benzene rings is 2. The number of alkyl halides is 2. The van der Waals surface area contributed by atoms with Crippen LogP contribution in [0.4, 0.5) is 0 Å². The topological polar surface area (TPSA) is 9.23 Å². The Balaban J connectivity index is 1.96. The van der Waals surface area contributed by atoms with E-state index in [0.29, 0.717) is 0 Å². The minimum Gasteiger partial charge on any atom is -0.385 e. The van der Waals surface area contributed by atoms with Crippen LogP contribution >= 0.6 is 23.2 Å². The van der Waals surface area contributed by atoms with Crippen molar-refractivity contribution in [2.24, 2.45) is 0 Å². The van der Waals surface area contributed by atoms with E-state index in [0.717, 1.165) is 19.4 Å². The predicted octanol–water partition coefficient (Wildman–Crippen LogP) is 5.07. The van der Waals surface area contributed by atoms with Gasteiger partial charge in [-0.05, 0) is 35.1 Å². The normalized spacial score (nSPS) is 30.8. The maximum Gasteiger partial charge on any atom is 0.0646 e. The van der Waals surface area contributed by atoms with Gasteiger partial charge in [0.25, 0.3) is 0 Å². The first-order chi connectivity index (χ1) is 11.2. The second-order valence-corrected chi connectivity index (χ2v) is 7.54. The molecule has 2 aromatic carbocycles. The molecule has 23 heavy (non-hydrogen) atoms. The molecule has 0 saturated carbocycles. The summed E-state index contributed by atoms with van der Waals surface area (Å²) in [5, 5.41) is -0.181. The van der Waals surface area contributed by atoms with Gasteiger partial charge in [0.15, 0.2) is 0 Å². The molecule has 3 heteroatoms. The summed E-state index contributed by atoms with van der Waals surface area (Å²) in [7, 11) is 1.75. The third-order valence-corrected chi connectivity index (χ3v) is 6.82. The molecule has 0 heterocycles. The van der Waals surface area contributed by atoms with Crippen LogP contribution in [0.2, 0.25) is 0 Å². The quantitative estimate of drug-likeness (QED) is 0.554. The van der Waals surface area contributed by atoms with Gasteiger partial charge in [-0.25, -0.2) is 0 Å². The van der Waals surface area contributed by atoms with Crippen molar-refractivity contribution in [1.82, 2.24) is 0 Å². The van der Waals surface area contributed by atoms with Crippen molar-refractivity contribution in [2.75, 3.05) is 13.7 Å². The lowest BCUT2D eigenvalue weighted by Gasteiger charge is -2.54. The van der Waals surface area contributed by atoms with E-state index >= 15 is 0 Å². The second-order valence-electron chi connectivity index (χ2n) is 6.57. The van der Waals surface area contributed by atoms with Crippen molar-refractivity contribution >= 4 is 23.2 Å². The highest BCUT2D eigenvalue weighted by Crippen LogP contribution is 2.61. The van der Waals surface area contributed by atoms with Crippen LogP contribution in [-0.2, 0) is 10.2 Å². The third-order valence-electron chi connectivity index (χ3n) is 5.54. The van der Waals surface area contributed by atoms with Gasteiger partial charge in [0, 0.05) is 25.0 Å². The highest BCUT2D eigenvalue weighted by Gasteiger charge is 2.57. The molecule has 0 saturated heterocycles. The van der Waals surface area contributed by atoms with Crippen LogP contribution in [0.5, 0.6) is 0 Å². The first kappa shape index (κ1) is 15.5.